The molecule has 0 aliphatic heterocycles. The van der Waals surface area contributed by atoms with E-state index < -0.39 is 15.7 Å². The van der Waals surface area contributed by atoms with Gasteiger partial charge in [-0.25, -0.2) is 8.42 Å². The third-order valence-corrected chi connectivity index (χ3v) is 4.02. The fourth-order valence-electron chi connectivity index (χ4n) is 1.37. The fraction of sp³-hybridized carbons (Fsp3) is 0.500. The maximum absolute atomic E-state index is 11.8. The van der Waals surface area contributed by atoms with Gasteiger partial charge in [-0.3, -0.25) is 4.79 Å². The first-order valence-electron chi connectivity index (χ1n) is 5.09. The molecule has 0 spiro atoms. The highest BCUT2D eigenvalue weighted by Gasteiger charge is 2.23. The van der Waals surface area contributed by atoms with Crippen LogP contribution in [0.15, 0.2) is 21.6 Å². The van der Waals surface area contributed by atoms with Crippen molar-refractivity contribution in [1.82, 2.24) is 0 Å². The number of rotatable bonds is 6. The summed E-state index contributed by atoms with van der Waals surface area (Å²) in [4.78, 5) is 10.8. The molecule has 0 atom stereocenters. The quantitative estimate of drug-likeness (QED) is 0.766. The summed E-state index contributed by atoms with van der Waals surface area (Å²) in [5, 5.41) is 0. The van der Waals surface area contributed by atoms with Crippen molar-refractivity contribution in [3.8, 4) is 0 Å². The van der Waals surface area contributed by atoms with Gasteiger partial charge in [0.05, 0.1) is 12.0 Å². The molecule has 1 aromatic rings. The molecule has 0 aromatic carbocycles. The number of nitrogens with two attached hydrogens (primary N) is 1. The Morgan fingerprint density at radius 3 is 2.69 bits per heavy atom. The molecule has 1 rings (SSSR count). The summed E-state index contributed by atoms with van der Waals surface area (Å²) in [5.74, 6) is -1.13. The molecule has 16 heavy (non-hydrogen) atoms. The number of sulfone groups is 1. The molecule has 0 radical (unpaired) electrons. The number of hydrogen-bond acceptors (Lipinski definition) is 4. The van der Waals surface area contributed by atoms with Crippen LogP contribution in [0.5, 0.6) is 0 Å². The van der Waals surface area contributed by atoms with Gasteiger partial charge in [-0.05, 0) is 12.5 Å². The summed E-state index contributed by atoms with van der Waals surface area (Å²) in [6, 6.07) is 1.27. The lowest BCUT2D eigenvalue weighted by atomic mass is 10.3. The Kier molecular flexibility index (Phi) is 4.12. The largest absolute Gasteiger partial charge is 0.458 e. The van der Waals surface area contributed by atoms with Gasteiger partial charge in [0.25, 0.3) is 5.91 Å². The highest BCUT2D eigenvalue weighted by molar-refractivity contribution is 7.91. The smallest absolute Gasteiger partial charge is 0.285 e. The van der Waals surface area contributed by atoms with Crippen molar-refractivity contribution in [2.75, 3.05) is 5.75 Å². The first-order chi connectivity index (χ1) is 7.49. The summed E-state index contributed by atoms with van der Waals surface area (Å²) < 4.78 is 28.4. The molecule has 0 saturated carbocycles. The monoisotopic (exact) mass is 245 g/mol. The topological polar surface area (TPSA) is 90.4 Å². The number of furan rings is 1. The van der Waals surface area contributed by atoms with Gasteiger partial charge in [-0.15, -0.1) is 0 Å². The van der Waals surface area contributed by atoms with E-state index in [1.54, 1.807) is 0 Å². The highest BCUT2D eigenvalue weighted by Crippen LogP contribution is 2.19. The van der Waals surface area contributed by atoms with Crippen LogP contribution in [-0.4, -0.2) is 20.1 Å². The molecule has 0 aliphatic carbocycles. The van der Waals surface area contributed by atoms with Crippen molar-refractivity contribution in [3.05, 3.63) is 18.1 Å². The SMILES string of the molecule is CCCCCS(=O)(=O)c1ccoc1C(N)=O. The number of carbonyl (C=O) groups is 1. The summed E-state index contributed by atoms with van der Waals surface area (Å²) in [6.45, 7) is 1.99. The third kappa shape index (κ3) is 2.85. The van der Waals surface area contributed by atoms with Crippen molar-refractivity contribution >= 4 is 15.7 Å². The Morgan fingerprint density at radius 1 is 1.44 bits per heavy atom. The summed E-state index contributed by atoms with van der Waals surface area (Å²) in [5.41, 5.74) is 5.01. The Bertz CT molecular complexity index is 461. The lowest BCUT2D eigenvalue weighted by Crippen LogP contribution is -2.16. The fourth-order valence-corrected chi connectivity index (χ4v) is 2.87. The minimum Gasteiger partial charge on any atom is -0.458 e. The maximum atomic E-state index is 11.8. The van der Waals surface area contributed by atoms with Gasteiger partial charge >= 0.3 is 0 Å². The highest BCUT2D eigenvalue weighted by atomic mass is 32.2. The van der Waals surface area contributed by atoms with Gasteiger partial charge in [-0.1, -0.05) is 19.8 Å². The van der Waals surface area contributed by atoms with Crippen LogP contribution in [0, 0.1) is 0 Å². The minimum atomic E-state index is -3.46. The van der Waals surface area contributed by atoms with Crippen LogP contribution in [-0.2, 0) is 9.84 Å². The van der Waals surface area contributed by atoms with Crippen LogP contribution in [0.3, 0.4) is 0 Å². The van der Waals surface area contributed by atoms with Crippen LogP contribution in [0.4, 0.5) is 0 Å². The van der Waals surface area contributed by atoms with Gasteiger partial charge in [0.1, 0.15) is 4.90 Å². The zero-order chi connectivity index (χ0) is 12.2. The Morgan fingerprint density at radius 2 is 2.12 bits per heavy atom. The van der Waals surface area contributed by atoms with Crippen LogP contribution >= 0.6 is 0 Å². The predicted octanol–water partition coefficient (Wildman–Crippen LogP) is 1.34. The Balaban J connectivity index is 2.90. The van der Waals surface area contributed by atoms with E-state index in [1.165, 1.54) is 6.07 Å². The van der Waals surface area contributed by atoms with Gasteiger partial charge in [0.15, 0.2) is 9.84 Å². The molecule has 0 unspecified atom stereocenters. The molecule has 0 saturated heterocycles. The van der Waals surface area contributed by atoms with E-state index in [4.69, 9.17) is 10.2 Å². The van der Waals surface area contributed by atoms with E-state index in [1.807, 2.05) is 6.92 Å². The maximum Gasteiger partial charge on any atom is 0.285 e. The lowest BCUT2D eigenvalue weighted by molar-refractivity contribution is 0.0969. The van der Waals surface area contributed by atoms with E-state index in [-0.39, 0.29) is 16.4 Å². The molecule has 90 valence electrons. The van der Waals surface area contributed by atoms with Crippen molar-refractivity contribution in [1.29, 1.82) is 0 Å². The van der Waals surface area contributed by atoms with Gasteiger partial charge in [0.2, 0.25) is 5.76 Å². The standard InChI is InChI=1S/C10H15NO4S/c1-2-3-4-7-16(13,14)8-5-6-15-9(8)10(11)12/h5-6H,2-4,7H2,1H3,(H2,11,12). The van der Waals surface area contributed by atoms with Gasteiger partial charge in [0, 0.05) is 0 Å². The molecule has 1 amide bonds. The van der Waals surface area contributed by atoms with Crippen LogP contribution in [0.25, 0.3) is 0 Å². The summed E-state index contributed by atoms with van der Waals surface area (Å²) in [6.07, 6.45) is 3.50. The van der Waals surface area contributed by atoms with Crippen molar-refractivity contribution < 1.29 is 17.6 Å². The number of hydrogen-bond donors (Lipinski definition) is 1. The number of carbonyl (C=O) groups excluding carboxylic acids is 1. The Labute approximate surface area is 94.5 Å². The number of unbranched alkanes of at least 4 members (excludes halogenated alkanes) is 2. The van der Waals surface area contributed by atoms with Crippen LogP contribution in [0.1, 0.15) is 36.7 Å². The van der Waals surface area contributed by atoms with E-state index in [0.29, 0.717) is 6.42 Å². The summed E-state index contributed by atoms with van der Waals surface area (Å²) >= 11 is 0. The molecule has 0 aliphatic rings. The van der Waals surface area contributed by atoms with Crippen molar-refractivity contribution in [3.63, 3.8) is 0 Å². The molecule has 2 N–H and O–H groups in total. The molecule has 0 bridgehead atoms. The Hall–Kier alpha value is -1.30. The molecule has 1 aromatic heterocycles. The van der Waals surface area contributed by atoms with Crippen LogP contribution < -0.4 is 5.73 Å². The number of primary amides is 1. The first kappa shape index (κ1) is 12.8. The van der Waals surface area contributed by atoms with E-state index >= 15 is 0 Å². The summed E-state index contributed by atoms with van der Waals surface area (Å²) in [7, 11) is -3.46. The minimum absolute atomic E-state index is 0.0145. The van der Waals surface area contributed by atoms with Gasteiger partial charge < -0.3 is 10.2 Å². The first-order valence-corrected chi connectivity index (χ1v) is 6.74. The average molecular weight is 245 g/mol. The van der Waals surface area contributed by atoms with Gasteiger partial charge in [-0.2, -0.15) is 0 Å². The zero-order valence-electron chi connectivity index (χ0n) is 9.10. The second-order valence-corrected chi connectivity index (χ2v) is 5.58. The molecule has 5 nitrogen and oxygen atoms in total. The molecule has 1 heterocycles. The van der Waals surface area contributed by atoms with Crippen molar-refractivity contribution in [2.45, 2.75) is 31.1 Å². The van der Waals surface area contributed by atoms with E-state index in [2.05, 4.69) is 0 Å². The van der Waals surface area contributed by atoms with E-state index in [9.17, 15) is 13.2 Å². The van der Waals surface area contributed by atoms with E-state index in [0.717, 1.165) is 19.1 Å². The molecular formula is C10H15NO4S. The second kappa shape index (κ2) is 5.16. The van der Waals surface area contributed by atoms with Crippen LogP contribution in [0.2, 0.25) is 0 Å². The third-order valence-electron chi connectivity index (χ3n) is 2.20. The number of amides is 1. The second-order valence-electron chi connectivity index (χ2n) is 3.50. The molecule has 0 fully saturated rings. The normalized spacial score (nSPS) is 11.6. The predicted molar refractivity (Wildman–Crippen MR) is 58.8 cm³/mol. The average Bonchev–Trinajstić information content (AvgIpc) is 2.66. The lowest BCUT2D eigenvalue weighted by Gasteiger charge is -2.02. The molecular weight excluding hydrogens is 230 g/mol. The van der Waals surface area contributed by atoms with Crippen molar-refractivity contribution in [2.24, 2.45) is 5.73 Å². The zero-order valence-corrected chi connectivity index (χ0v) is 9.92. The molecule has 6 heteroatoms.